The molecule has 0 radical (unpaired) electrons. The summed E-state index contributed by atoms with van der Waals surface area (Å²) in [4.78, 5) is 27.8. The van der Waals surface area contributed by atoms with Crippen molar-refractivity contribution in [2.24, 2.45) is 11.8 Å². The summed E-state index contributed by atoms with van der Waals surface area (Å²) >= 11 is 0. The second kappa shape index (κ2) is 5.10. The summed E-state index contributed by atoms with van der Waals surface area (Å²) < 4.78 is 5.34. The zero-order chi connectivity index (χ0) is 16.0. The molecule has 2 heterocycles. The molecule has 2 fully saturated rings. The molecule has 6 heteroatoms. The van der Waals surface area contributed by atoms with E-state index < -0.39 is 29.1 Å². The van der Waals surface area contributed by atoms with Crippen molar-refractivity contribution in [1.29, 1.82) is 0 Å². The molecule has 6 nitrogen and oxygen atoms in total. The van der Waals surface area contributed by atoms with Gasteiger partial charge in [0.2, 0.25) is 18.0 Å². The first-order valence-corrected chi connectivity index (χ1v) is 7.71. The third kappa shape index (κ3) is 1.75. The van der Waals surface area contributed by atoms with Gasteiger partial charge in [-0.05, 0) is 26.2 Å². The van der Waals surface area contributed by atoms with Crippen LogP contribution in [0.25, 0.3) is 4.85 Å². The molecule has 0 spiro atoms. The highest BCUT2D eigenvalue weighted by Crippen LogP contribution is 2.53. The van der Waals surface area contributed by atoms with Crippen molar-refractivity contribution in [3.05, 3.63) is 23.6 Å². The van der Waals surface area contributed by atoms with Gasteiger partial charge in [-0.1, -0.05) is 12.2 Å². The molecule has 0 aromatic rings. The maximum Gasteiger partial charge on any atom is 0.339 e. The molecule has 1 amide bonds. The number of fused-ring (bicyclic) bond motifs is 1. The predicted octanol–water partition coefficient (Wildman–Crippen LogP) is 0.813. The number of rotatable bonds is 4. The molecule has 3 aliphatic rings. The van der Waals surface area contributed by atoms with E-state index in [0.717, 1.165) is 19.3 Å². The van der Waals surface area contributed by atoms with Gasteiger partial charge in [-0.15, -0.1) is 0 Å². The lowest BCUT2D eigenvalue weighted by Gasteiger charge is -2.54. The zero-order valence-electron chi connectivity index (χ0n) is 12.5. The van der Waals surface area contributed by atoms with Gasteiger partial charge in [0, 0.05) is 12.3 Å². The Labute approximate surface area is 129 Å². The maximum absolute atomic E-state index is 12.3. The van der Waals surface area contributed by atoms with Crippen molar-refractivity contribution in [1.82, 2.24) is 5.32 Å². The Morgan fingerprint density at radius 3 is 2.95 bits per heavy atom. The van der Waals surface area contributed by atoms with Crippen molar-refractivity contribution in [2.75, 3.05) is 6.54 Å². The average Bonchev–Trinajstić information content (AvgIpc) is 2.69. The van der Waals surface area contributed by atoms with E-state index in [4.69, 9.17) is 11.3 Å². The summed E-state index contributed by atoms with van der Waals surface area (Å²) in [6.45, 7) is 8.78. The minimum atomic E-state index is -1.37. The van der Waals surface area contributed by atoms with Crippen LogP contribution in [-0.4, -0.2) is 40.8 Å². The third-order valence-electron chi connectivity index (χ3n) is 5.38. The van der Waals surface area contributed by atoms with Crippen molar-refractivity contribution in [3.63, 3.8) is 0 Å². The summed E-state index contributed by atoms with van der Waals surface area (Å²) in [6, 6.07) is 0. The Morgan fingerprint density at radius 2 is 2.36 bits per heavy atom. The number of ether oxygens (including phenoxy) is 1. The van der Waals surface area contributed by atoms with E-state index in [-0.39, 0.29) is 18.4 Å². The number of esters is 1. The number of aliphatic hydroxyl groups is 1. The molecule has 2 saturated heterocycles. The molecule has 3 rings (SSSR count). The summed E-state index contributed by atoms with van der Waals surface area (Å²) in [7, 11) is 0. The Morgan fingerprint density at radius 1 is 1.59 bits per heavy atom. The molecule has 0 aromatic heterocycles. The van der Waals surface area contributed by atoms with Crippen LogP contribution in [0.5, 0.6) is 0 Å². The highest BCUT2D eigenvalue weighted by Gasteiger charge is 2.79. The molecule has 0 bridgehead atoms. The molecule has 5 atom stereocenters. The summed E-state index contributed by atoms with van der Waals surface area (Å²) in [5.41, 5.74) is -2.44. The van der Waals surface area contributed by atoms with Crippen LogP contribution in [0.2, 0.25) is 0 Å². The summed E-state index contributed by atoms with van der Waals surface area (Å²) in [5.74, 6) is -1.63. The van der Waals surface area contributed by atoms with Crippen LogP contribution in [0.15, 0.2) is 12.2 Å². The molecule has 0 saturated carbocycles. The number of carbonyl (C=O) groups is 2. The van der Waals surface area contributed by atoms with Crippen LogP contribution in [0.4, 0.5) is 0 Å². The molecule has 0 unspecified atom stereocenters. The molecule has 1 aliphatic carbocycles. The predicted molar refractivity (Wildman–Crippen MR) is 77.4 cm³/mol. The first-order valence-electron chi connectivity index (χ1n) is 7.71. The van der Waals surface area contributed by atoms with Gasteiger partial charge in [0.05, 0.1) is 12.0 Å². The topological polar surface area (TPSA) is 80.0 Å². The minimum Gasteiger partial charge on any atom is -0.453 e. The number of hydrogen-bond acceptors (Lipinski definition) is 4. The van der Waals surface area contributed by atoms with Crippen LogP contribution in [0, 0.1) is 18.4 Å². The SMILES string of the molecule is [C-]#[N+]CC[C@H]1C(=O)N[C@@]2([C@@H](O)[C@@H]3C=CCCC3)C(=O)O[C@@]12C. The van der Waals surface area contributed by atoms with E-state index in [0.29, 0.717) is 6.42 Å². The molecule has 118 valence electrons. The number of allylic oxidation sites excluding steroid dienone is 1. The molecule has 0 aromatic carbocycles. The van der Waals surface area contributed by atoms with Gasteiger partial charge in [0.25, 0.3) is 0 Å². The monoisotopic (exact) mass is 304 g/mol. The van der Waals surface area contributed by atoms with E-state index in [1.807, 2.05) is 12.2 Å². The van der Waals surface area contributed by atoms with E-state index in [9.17, 15) is 14.7 Å². The third-order valence-corrected chi connectivity index (χ3v) is 5.38. The molecular formula is C16H20N2O4. The smallest absolute Gasteiger partial charge is 0.339 e. The van der Waals surface area contributed by atoms with E-state index >= 15 is 0 Å². The van der Waals surface area contributed by atoms with Gasteiger partial charge in [-0.3, -0.25) is 4.79 Å². The van der Waals surface area contributed by atoms with Crippen molar-refractivity contribution in [2.45, 2.75) is 49.9 Å². The van der Waals surface area contributed by atoms with Gasteiger partial charge in [-0.25, -0.2) is 11.4 Å². The fraction of sp³-hybridized carbons (Fsp3) is 0.688. The highest BCUT2D eigenvalue weighted by molar-refractivity contribution is 6.01. The van der Waals surface area contributed by atoms with Crippen LogP contribution in [0.1, 0.15) is 32.6 Å². The van der Waals surface area contributed by atoms with Gasteiger partial charge < -0.3 is 20.0 Å². The lowest BCUT2D eigenvalue weighted by atomic mass is 9.64. The maximum atomic E-state index is 12.3. The Balaban J connectivity index is 1.92. The number of nitrogens with zero attached hydrogens (tertiary/aromatic N) is 1. The van der Waals surface area contributed by atoms with Gasteiger partial charge in [0.1, 0.15) is 0 Å². The molecule has 22 heavy (non-hydrogen) atoms. The average molecular weight is 304 g/mol. The summed E-state index contributed by atoms with van der Waals surface area (Å²) in [6.07, 6.45) is 5.96. The fourth-order valence-electron chi connectivity index (χ4n) is 4.07. The van der Waals surface area contributed by atoms with Crippen LogP contribution in [-0.2, 0) is 14.3 Å². The van der Waals surface area contributed by atoms with Crippen LogP contribution < -0.4 is 5.32 Å². The first kappa shape index (κ1) is 15.0. The van der Waals surface area contributed by atoms with Crippen LogP contribution >= 0.6 is 0 Å². The first-order chi connectivity index (χ1) is 10.5. The minimum absolute atomic E-state index is 0.166. The normalized spacial score (nSPS) is 41.0. The quantitative estimate of drug-likeness (QED) is 0.458. The standard InChI is InChI=1S/C16H20N2O4/c1-15-11(8-9-17-2)13(20)18-16(15,14(21)22-15)12(19)10-6-4-3-5-7-10/h4,6,10-12,19H,3,5,7-9H2,1H3,(H,18,20)/t10-,11+,12+,15+,16+/m1/s1. The number of carbonyl (C=O) groups excluding carboxylic acids is 2. The largest absolute Gasteiger partial charge is 0.453 e. The Kier molecular flexibility index (Phi) is 3.48. The van der Waals surface area contributed by atoms with E-state index in [1.54, 1.807) is 6.92 Å². The second-order valence-electron chi connectivity index (χ2n) is 6.48. The van der Waals surface area contributed by atoms with Crippen LogP contribution in [0.3, 0.4) is 0 Å². The number of aliphatic hydroxyl groups excluding tert-OH is 1. The highest BCUT2D eigenvalue weighted by atomic mass is 16.6. The van der Waals surface area contributed by atoms with E-state index in [1.165, 1.54) is 0 Å². The van der Waals surface area contributed by atoms with E-state index in [2.05, 4.69) is 10.2 Å². The Bertz CT molecular complexity index is 581. The van der Waals surface area contributed by atoms with Crippen molar-refractivity contribution in [3.8, 4) is 0 Å². The van der Waals surface area contributed by atoms with Gasteiger partial charge in [0.15, 0.2) is 5.60 Å². The summed E-state index contributed by atoms with van der Waals surface area (Å²) in [5, 5.41) is 13.5. The number of hydrogen-bond donors (Lipinski definition) is 2. The number of nitrogens with one attached hydrogen (secondary N) is 1. The fourth-order valence-corrected chi connectivity index (χ4v) is 4.07. The lowest BCUT2D eigenvalue weighted by Crippen LogP contribution is -2.80. The zero-order valence-corrected chi connectivity index (χ0v) is 12.5. The Hall–Kier alpha value is -1.87. The number of amides is 1. The lowest BCUT2D eigenvalue weighted by molar-refractivity contribution is -0.238. The van der Waals surface area contributed by atoms with Gasteiger partial charge >= 0.3 is 5.97 Å². The molecule has 2 aliphatic heterocycles. The van der Waals surface area contributed by atoms with Gasteiger partial charge in [-0.2, -0.15) is 0 Å². The molecule has 2 N–H and O–H groups in total. The molecular weight excluding hydrogens is 284 g/mol. The van der Waals surface area contributed by atoms with Crippen molar-refractivity contribution < 1.29 is 19.4 Å². The van der Waals surface area contributed by atoms with Crippen molar-refractivity contribution >= 4 is 11.9 Å². The second-order valence-corrected chi connectivity index (χ2v) is 6.48.